The summed E-state index contributed by atoms with van der Waals surface area (Å²) in [6, 6.07) is 0. The zero-order chi connectivity index (χ0) is 35.2. The Labute approximate surface area is 292 Å². The van der Waals surface area contributed by atoms with E-state index in [1.165, 1.54) is 74.2 Å². The maximum atomic E-state index is 4.15. The number of nitrogens with zero attached hydrogens (tertiary/aromatic N) is 8. The van der Waals surface area contributed by atoms with Crippen molar-refractivity contribution in [2.45, 2.75) is 107 Å². The van der Waals surface area contributed by atoms with Crippen molar-refractivity contribution in [3.05, 3.63) is 0 Å². The van der Waals surface area contributed by atoms with Crippen LogP contribution in [-0.4, -0.2) is 125 Å². The van der Waals surface area contributed by atoms with Gasteiger partial charge in [-0.05, 0) is 107 Å². The molecular weight excluding hydrogens is 600 g/mol. The molecule has 48 heavy (non-hydrogen) atoms. The van der Waals surface area contributed by atoms with Gasteiger partial charge in [0, 0.05) is 75.2 Å². The monoisotopic (exact) mass is 669 g/mol. The van der Waals surface area contributed by atoms with E-state index in [4.69, 9.17) is 0 Å². The van der Waals surface area contributed by atoms with Crippen LogP contribution in [0.1, 0.15) is 107 Å². The summed E-state index contributed by atoms with van der Waals surface area (Å²) in [6.07, 6.45) is 10.1. The van der Waals surface area contributed by atoms with E-state index in [0.717, 1.165) is 102 Å². The molecule has 0 spiro atoms. The van der Waals surface area contributed by atoms with Gasteiger partial charge in [0.2, 0.25) is 0 Å². The summed E-state index contributed by atoms with van der Waals surface area (Å²) >= 11 is 0. The van der Waals surface area contributed by atoms with E-state index in [9.17, 15) is 0 Å². The van der Waals surface area contributed by atoms with Gasteiger partial charge in [0.15, 0.2) is 0 Å². The summed E-state index contributed by atoms with van der Waals surface area (Å²) in [5.41, 5.74) is 5.31. The summed E-state index contributed by atoms with van der Waals surface area (Å²) in [5, 5.41) is 12.3. The molecule has 0 atom stereocenters. The van der Waals surface area contributed by atoms with Gasteiger partial charge in [-0.15, -0.1) is 0 Å². The molecule has 0 aliphatic carbocycles. The molecule has 0 bridgehead atoms. The highest BCUT2D eigenvalue weighted by Gasteiger charge is 1.99. The third kappa shape index (κ3) is 26.6. The van der Waals surface area contributed by atoms with Crippen LogP contribution in [0.2, 0.25) is 0 Å². The van der Waals surface area contributed by atoms with Gasteiger partial charge in [0.1, 0.15) is 0 Å². The Hall–Kier alpha value is -3.44. The standard InChI is InChI=1S/4C5H9N.4C4H8N2/c4*1-5-3-2-4-6-5;4*1-4-5-2-3-6-4/h4*2-4H2,1H3;4*2-3H2,1H3,(H,5,6). The van der Waals surface area contributed by atoms with Crippen LogP contribution in [0.5, 0.6) is 0 Å². The molecule has 0 aromatic carbocycles. The minimum absolute atomic E-state index is 0.964. The van der Waals surface area contributed by atoms with Crippen molar-refractivity contribution < 1.29 is 0 Å². The van der Waals surface area contributed by atoms with E-state index in [-0.39, 0.29) is 0 Å². The Balaban J connectivity index is 0.000000274. The molecule has 8 aliphatic heterocycles. The van der Waals surface area contributed by atoms with Gasteiger partial charge in [-0.25, -0.2) is 0 Å². The van der Waals surface area contributed by atoms with Crippen molar-refractivity contribution in [3.8, 4) is 0 Å². The SMILES string of the molecule is CC1=NCCC1.CC1=NCCC1.CC1=NCCC1.CC1=NCCC1.CC1=NCCN1.CC1=NCCN1.CC1=NCCN1.CC1=NCCN1. The zero-order valence-corrected chi connectivity index (χ0v) is 31.7. The van der Waals surface area contributed by atoms with Crippen molar-refractivity contribution in [2.24, 2.45) is 39.9 Å². The first-order valence-corrected chi connectivity index (χ1v) is 18.1. The Morgan fingerprint density at radius 1 is 0.292 bits per heavy atom. The molecule has 0 aromatic heterocycles. The van der Waals surface area contributed by atoms with E-state index < -0.39 is 0 Å². The van der Waals surface area contributed by atoms with Crippen molar-refractivity contribution >= 4 is 46.2 Å². The van der Waals surface area contributed by atoms with E-state index in [0.29, 0.717) is 0 Å². The highest BCUT2D eigenvalue weighted by Crippen LogP contribution is 2.02. The fourth-order valence-electron chi connectivity index (χ4n) is 4.80. The molecule has 0 radical (unpaired) electrons. The molecule has 8 aliphatic rings. The third-order valence-corrected chi connectivity index (χ3v) is 7.68. The fraction of sp³-hybridized carbons (Fsp3) is 0.778. The summed E-state index contributed by atoms with van der Waals surface area (Å²) in [5.74, 6) is 4.31. The predicted octanol–water partition coefficient (Wildman–Crippen LogP) is 5.00. The molecule has 0 aromatic rings. The first-order valence-electron chi connectivity index (χ1n) is 18.1. The van der Waals surface area contributed by atoms with Crippen LogP contribution in [0.25, 0.3) is 0 Å². The minimum Gasteiger partial charge on any atom is -0.372 e. The minimum atomic E-state index is 0.964. The van der Waals surface area contributed by atoms with Gasteiger partial charge in [-0.2, -0.15) is 0 Å². The first kappa shape index (κ1) is 42.6. The Bertz CT molecular complexity index is 864. The molecule has 12 nitrogen and oxygen atoms in total. The maximum Gasteiger partial charge on any atom is 0.0933 e. The smallest absolute Gasteiger partial charge is 0.0933 e. The lowest BCUT2D eigenvalue weighted by atomic mass is 10.3. The zero-order valence-electron chi connectivity index (χ0n) is 31.7. The molecule has 0 unspecified atom stereocenters. The second-order valence-electron chi connectivity index (χ2n) is 12.5. The second kappa shape index (κ2) is 28.6. The van der Waals surface area contributed by atoms with Crippen LogP contribution < -0.4 is 21.3 Å². The first-order chi connectivity index (χ1) is 23.2. The van der Waals surface area contributed by atoms with E-state index in [1.54, 1.807) is 0 Å². The van der Waals surface area contributed by atoms with Crippen LogP contribution in [-0.2, 0) is 0 Å². The molecule has 8 rings (SSSR count). The van der Waals surface area contributed by atoms with Crippen LogP contribution in [0, 0.1) is 0 Å². The van der Waals surface area contributed by atoms with E-state index in [1.807, 2.05) is 27.7 Å². The van der Waals surface area contributed by atoms with Gasteiger partial charge < -0.3 is 21.3 Å². The number of aliphatic imine (C=N–C) groups is 8. The van der Waals surface area contributed by atoms with Gasteiger partial charge >= 0.3 is 0 Å². The summed E-state index contributed by atoms with van der Waals surface area (Å²) < 4.78 is 0. The third-order valence-electron chi connectivity index (χ3n) is 7.68. The molecule has 12 heteroatoms. The van der Waals surface area contributed by atoms with Crippen LogP contribution in [0.4, 0.5) is 0 Å². The molecule has 0 saturated carbocycles. The van der Waals surface area contributed by atoms with Gasteiger partial charge in [0.05, 0.1) is 49.5 Å². The van der Waals surface area contributed by atoms with Crippen molar-refractivity contribution in [1.29, 1.82) is 0 Å². The molecular formula is C36H68N12. The lowest BCUT2D eigenvalue weighted by Gasteiger charge is -1.85. The Morgan fingerprint density at radius 3 is 0.542 bits per heavy atom. The quantitative estimate of drug-likeness (QED) is 0.288. The molecule has 272 valence electrons. The van der Waals surface area contributed by atoms with E-state index >= 15 is 0 Å². The molecule has 0 saturated heterocycles. The average molecular weight is 669 g/mol. The highest BCUT2D eigenvalue weighted by molar-refractivity contribution is 5.84. The fourth-order valence-corrected chi connectivity index (χ4v) is 4.80. The lowest BCUT2D eigenvalue weighted by molar-refractivity contribution is 0.951. The van der Waals surface area contributed by atoms with Crippen molar-refractivity contribution in [2.75, 3.05) is 78.5 Å². The van der Waals surface area contributed by atoms with Gasteiger partial charge in [0.25, 0.3) is 0 Å². The topological polar surface area (TPSA) is 147 Å². The van der Waals surface area contributed by atoms with Crippen molar-refractivity contribution in [1.82, 2.24) is 21.3 Å². The maximum absolute atomic E-state index is 4.15. The van der Waals surface area contributed by atoms with Crippen LogP contribution in [0.3, 0.4) is 0 Å². The normalized spacial score (nSPS) is 20.5. The predicted molar refractivity (Wildman–Crippen MR) is 213 cm³/mol. The largest absolute Gasteiger partial charge is 0.372 e. The Morgan fingerprint density at radius 2 is 0.500 bits per heavy atom. The number of rotatable bonds is 0. The van der Waals surface area contributed by atoms with Gasteiger partial charge in [-0.3, -0.25) is 39.9 Å². The second-order valence-corrected chi connectivity index (χ2v) is 12.5. The summed E-state index contributed by atoms with van der Waals surface area (Å²) in [7, 11) is 0. The van der Waals surface area contributed by atoms with E-state index in [2.05, 4.69) is 88.9 Å². The lowest BCUT2D eigenvalue weighted by Crippen LogP contribution is -2.13. The number of nitrogens with one attached hydrogen (secondary N) is 4. The number of hydrogen-bond acceptors (Lipinski definition) is 12. The van der Waals surface area contributed by atoms with Gasteiger partial charge in [-0.1, -0.05) is 0 Å². The summed E-state index contributed by atoms with van der Waals surface area (Å²) in [6.45, 7) is 28.6. The molecule has 0 fully saturated rings. The molecule has 4 N–H and O–H groups in total. The van der Waals surface area contributed by atoms with Crippen LogP contribution in [0.15, 0.2) is 39.9 Å². The molecule has 0 amide bonds. The summed E-state index contributed by atoms with van der Waals surface area (Å²) in [4.78, 5) is 32.8. The highest BCUT2D eigenvalue weighted by atomic mass is 15.1. The average Bonchev–Trinajstić information content (AvgIpc) is 3.87. The number of amidine groups is 4. The molecule has 8 heterocycles. The Kier molecular flexibility index (Phi) is 25.3. The van der Waals surface area contributed by atoms with Crippen molar-refractivity contribution in [3.63, 3.8) is 0 Å². The van der Waals surface area contributed by atoms with Crippen LogP contribution >= 0.6 is 0 Å². The number of hydrogen-bond donors (Lipinski definition) is 4.